The zero-order valence-corrected chi connectivity index (χ0v) is 15.3. The number of rotatable bonds is 6. The van der Waals surface area contributed by atoms with Gasteiger partial charge in [0.2, 0.25) is 5.91 Å². The van der Waals surface area contributed by atoms with Crippen LogP contribution in [0.3, 0.4) is 0 Å². The van der Waals surface area contributed by atoms with E-state index in [1.165, 1.54) is 18.9 Å². The van der Waals surface area contributed by atoms with Gasteiger partial charge in [0.15, 0.2) is 5.78 Å². The summed E-state index contributed by atoms with van der Waals surface area (Å²) in [4.78, 5) is 40.8. The summed E-state index contributed by atoms with van der Waals surface area (Å²) in [6.07, 6.45) is -0.0624. The molecule has 0 fully saturated rings. The van der Waals surface area contributed by atoms with Crippen LogP contribution in [0.2, 0.25) is 0 Å². The fourth-order valence-corrected chi connectivity index (χ4v) is 2.77. The van der Waals surface area contributed by atoms with Crippen LogP contribution in [0.15, 0.2) is 24.3 Å². The smallest absolute Gasteiger partial charge is 0.339 e. The minimum atomic E-state index is -0.588. The Bertz CT molecular complexity index is 836. The number of aromatic nitrogens is 1. The fourth-order valence-electron chi connectivity index (χ4n) is 2.77. The third-order valence-corrected chi connectivity index (χ3v) is 4.18. The molecule has 1 amide bonds. The Balaban J connectivity index is 2.22. The van der Waals surface area contributed by atoms with Crippen molar-refractivity contribution in [1.82, 2.24) is 9.88 Å². The average molecular weight is 358 g/mol. The van der Waals surface area contributed by atoms with Crippen molar-refractivity contribution < 1.29 is 24.2 Å². The highest BCUT2D eigenvalue weighted by Crippen LogP contribution is 2.21. The molecule has 0 spiro atoms. The maximum absolute atomic E-state index is 12.6. The van der Waals surface area contributed by atoms with Crippen molar-refractivity contribution in [2.24, 2.45) is 0 Å². The van der Waals surface area contributed by atoms with Crippen molar-refractivity contribution in [1.29, 1.82) is 0 Å². The number of esters is 1. The van der Waals surface area contributed by atoms with Crippen molar-refractivity contribution in [3.05, 3.63) is 52.3 Å². The van der Waals surface area contributed by atoms with Crippen LogP contribution in [0.4, 0.5) is 0 Å². The first kappa shape index (κ1) is 19.2. The van der Waals surface area contributed by atoms with Crippen LogP contribution in [0.25, 0.3) is 0 Å². The lowest BCUT2D eigenvalue weighted by Gasteiger charge is -2.17. The lowest BCUT2D eigenvalue weighted by Crippen LogP contribution is -2.28. The summed E-state index contributed by atoms with van der Waals surface area (Å²) in [5, 5.41) is 9.32. The highest BCUT2D eigenvalue weighted by atomic mass is 16.5. The van der Waals surface area contributed by atoms with E-state index >= 15 is 0 Å². The summed E-state index contributed by atoms with van der Waals surface area (Å²) in [5.41, 5.74) is 2.23. The summed E-state index contributed by atoms with van der Waals surface area (Å²) < 4.78 is 4.78. The Morgan fingerprint density at radius 3 is 2.35 bits per heavy atom. The zero-order valence-electron chi connectivity index (χ0n) is 15.3. The third-order valence-electron chi connectivity index (χ3n) is 4.18. The zero-order chi connectivity index (χ0) is 19.4. The van der Waals surface area contributed by atoms with Crippen LogP contribution in [0.1, 0.15) is 44.6 Å². The van der Waals surface area contributed by atoms with Crippen molar-refractivity contribution in [2.45, 2.75) is 26.8 Å². The van der Waals surface area contributed by atoms with E-state index < -0.39 is 5.97 Å². The van der Waals surface area contributed by atoms with Crippen molar-refractivity contribution in [3.63, 3.8) is 0 Å². The number of nitrogens with zero attached hydrogens (tertiary/aromatic N) is 1. The minimum Gasteiger partial charge on any atom is -0.508 e. The normalized spacial score (nSPS) is 10.5. The molecule has 0 atom stereocenters. The number of phenols is 1. The molecule has 0 aliphatic carbocycles. The number of phenolic OH excluding ortho intramolecular Hbond substituents is 1. The number of carbonyl (C=O) groups excluding carboxylic acids is 3. The van der Waals surface area contributed by atoms with Gasteiger partial charge >= 0.3 is 5.97 Å². The monoisotopic (exact) mass is 358 g/mol. The van der Waals surface area contributed by atoms with E-state index in [0.29, 0.717) is 23.5 Å². The number of hydrogen-bond acceptors (Lipinski definition) is 5. The second kappa shape index (κ2) is 7.86. The van der Waals surface area contributed by atoms with Crippen molar-refractivity contribution >= 4 is 17.7 Å². The van der Waals surface area contributed by atoms with E-state index in [2.05, 4.69) is 4.98 Å². The number of aromatic hydroxyl groups is 1. The van der Waals surface area contributed by atoms with E-state index in [-0.39, 0.29) is 29.4 Å². The molecular formula is C19H22N2O5. The lowest BCUT2D eigenvalue weighted by atomic mass is 10.1. The van der Waals surface area contributed by atoms with Gasteiger partial charge in [-0.1, -0.05) is 12.1 Å². The number of benzene rings is 1. The Labute approximate surface area is 151 Å². The first-order valence-electron chi connectivity index (χ1n) is 8.07. The van der Waals surface area contributed by atoms with E-state index in [1.54, 1.807) is 38.2 Å². The number of ketones is 1. The first-order chi connectivity index (χ1) is 12.2. The molecule has 26 heavy (non-hydrogen) atoms. The largest absolute Gasteiger partial charge is 0.508 e. The average Bonchev–Trinajstić information content (AvgIpc) is 2.92. The van der Waals surface area contributed by atoms with Gasteiger partial charge in [0, 0.05) is 26.2 Å². The number of amides is 1. The van der Waals surface area contributed by atoms with Crippen LogP contribution < -0.4 is 0 Å². The number of likely N-dealkylation sites (N-methyl/N-ethyl adjacent to an activating group) is 1. The summed E-state index contributed by atoms with van der Waals surface area (Å²) in [7, 11) is 2.90. The Kier molecular flexibility index (Phi) is 5.82. The molecule has 2 aromatic rings. The van der Waals surface area contributed by atoms with E-state index in [9.17, 15) is 19.5 Å². The summed E-state index contributed by atoms with van der Waals surface area (Å²) in [5.74, 6) is -0.873. The third kappa shape index (κ3) is 4.11. The molecule has 0 saturated carbocycles. The molecular weight excluding hydrogens is 336 g/mol. The predicted octanol–water partition coefficient (Wildman–Crippen LogP) is 2.22. The molecule has 0 saturated heterocycles. The van der Waals surface area contributed by atoms with Crippen LogP contribution in [-0.2, 0) is 22.5 Å². The molecule has 1 aromatic carbocycles. The number of aromatic amines is 1. The molecule has 0 unspecified atom stereocenters. The van der Waals surface area contributed by atoms with E-state index in [0.717, 1.165) is 5.56 Å². The molecule has 0 aliphatic rings. The Hall–Kier alpha value is -3.09. The minimum absolute atomic E-state index is 0.0624. The van der Waals surface area contributed by atoms with Gasteiger partial charge in [0.1, 0.15) is 5.75 Å². The number of hydrogen-bond donors (Lipinski definition) is 2. The molecule has 2 N–H and O–H groups in total. The number of nitrogens with one attached hydrogen (secondary N) is 1. The van der Waals surface area contributed by atoms with Crippen LogP contribution >= 0.6 is 0 Å². The van der Waals surface area contributed by atoms with Crippen LogP contribution in [-0.4, -0.2) is 46.8 Å². The van der Waals surface area contributed by atoms with E-state index in [4.69, 9.17) is 4.74 Å². The maximum atomic E-state index is 12.6. The number of carbonyl (C=O) groups is 3. The van der Waals surface area contributed by atoms with Gasteiger partial charge in [-0.05, 0) is 30.2 Å². The highest BCUT2D eigenvalue weighted by Gasteiger charge is 2.25. The Morgan fingerprint density at radius 2 is 1.81 bits per heavy atom. The number of ether oxygens (including phenoxy) is 1. The van der Waals surface area contributed by atoms with Gasteiger partial charge in [-0.2, -0.15) is 0 Å². The second-order valence-corrected chi connectivity index (χ2v) is 6.12. The topological polar surface area (TPSA) is 99.7 Å². The molecule has 1 heterocycles. The molecule has 0 aliphatic heterocycles. The molecule has 2 rings (SSSR count). The SMILES string of the molecule is COC(=O)c1c(CC(=O)N(C)Cc2ccc(O)cc2)[nH]c(C(C)=O)c1C. The summed E-state index contributed by atoms with van der Waals surface area (Å²) >= 11 is 0. The van der Waals surface area contributed by atoms with Gasteiger partial charge in [-0.25, -0.2) is 4.79 Å². The van der Waals surface area contributed by atoms with Crippen molar-refractivity contribution in [3.8, 4) is 5.75 Å². The molecule has 7 heteroatoms. The van der Waals surface area contributed by atoms with Crippen LogP contribution in [0.5, 0.6) is 5.75 Å². The van der Waals surface area contributed by atoms with Gasteiger partial charge < -0.3 is 19.7 Å². The molecule has 0 radical (unpaired) electrons. The molecule has 7 nitrogen and oxygen atoms in total. The van der Waals surface area contributed by atoms with Gasteiger partial charge in [0.25, 0.3) is 0 Å². The van der Waals surface area contributed by atoms with Gasteiger partial charge in [-0.15, -0.1) is 0 Å². The maximum Gasteiger partial charge on any atom is 0.339 e. The Morgan fingerprint density at radius 1 is 1.19 bits per heavy atom. The van der Waals surface area contributed by atoms with Crippen molar-refractivity contribution in [2.75, 3.05) is 14.2 Å². The number of methoxy groups -OCH3 is 1. The first-order valence-corrected chi connectivity index (χ1v) is 8.07. The van der Waals surface area contributed by atoms with Crippen LogP contribution in [0, 0.1) is 6.92 Å². The fraction of sp³-hybridized carbons (Fsp3) is 0.316. The number of H-pyrrole nitrogens is 1. The lowest BCUT2D eigenvalue weighted by molar-refractivity contribution is -0.129. The number of Topliss-reactive ketones (excluding diaryl/α,β-unsaturated/α-hetero) is 1. The van der Waals surface area contributed by atoms with Gasteiger partial charge in [0.05, 0.1) is 24.8 Å². The highest BCUT2D eigenvalue weighted by molar-refractivity contribution is 6.01. The van der Waals surface area contributed by atoms with E-state index in [1.807, 2.05) is 0 Å². The quantitative estimate of drug-likeness (QED) is 0.609. The second-order valence-electron chi connectivity index (χ2n) is 6.12. The van der Waals surface area contributed by atoms with Gasteiger partial charge in [-0.3, -0.25) is 9.59 Å². The molecule has 138 valence electrons. The predicted molar refractivity (Wildman–Crippen MR) is 95.2 cm³/mol. The summed E-state index contributed by atoms with van der Waals surface area (Å²) in [6, 6.07) is 6.56. The molecule has 0 bridgehead atoms. The molecule has 1 aromatic heterocycles. The summed E-state index contributed by atoms with van der Waals surface area (Å²) in [6.45, 7) is 3.39. The standard InChI is InChI=1S/C19H22N2O5/c1-11-17(19(25)26-4)15(20-18(11)12(2)22)9-16(24)21(3)10-13-5-7-14(23)8-6-13/h5-8,20,23H,9-10H2,1-4H3.